The molecular formula is C15H20ClFO. The van der Waals surface area contributed by atoms with Gasteiger partial charge in [-0.1, -0.05) is 38.3 Å². The molecule has 0 heterocycles. The molecule has 0 aliphatic heterocycles. The monoisotopic (exact) mass is 270 g/mol. The van der Waals surface area contributed by atoms with E-state index in [-0.39, 0.29) is 11.7 Å². The fourth-order valence-electron chi connectivity index (χ4n) is 3.00. The van der Waals surface area contributed by atoms with Crippen LogP contribution < -0.4 is 0 Å². The number of benzene rings is 1. The molecule has 100 valence electrons. The molecule has 1 fully saturated rings. The molecule has 0 spiro atoms. The summed E-state index contributed by atoms with van der Waals surface area (Å²) in [5.41, 5.74) is -0.0464. The van der Waals surface area contributed by atoms with E-state index >= 15 is 0 Å². The van der Waals surface area contributed by atoms with Crippen molar-refractivity contribution in [2.45, 2.75) is 45.1 Å². The van der Waals surface area contributed by atoms with E-state index in [1.165, 1.54) is 12.1 Å². The van der Waals surface area contributed by atoms with Gasteiger partial charge in [-0.25, -0.2) is 4.39 Å². The molecule has 2 rings (SSSR count). The molecule has 0 radical (unpaired) electrons. The summed E-state index contributed by atoms with van der Waals surface area (Å²) in [6.45, 7) is 4.25. The lowest BCUT2D eigenvalue weighted by Gasteiger charge is -2.42. The molecule has 3 heteroatoms. The average molecular weight is 271 g/mol. The van der Waals surface area contributed by atoms with Crippen molar-refractivity contribution in [1.29, 1.82) is 0 Å². The maximum atomic E-state index is 13.3. The SMILES string of the molecule is CC1CCCC(O)(Cc2cc(F)ccc2Cl)C1C. The summed E-state index contributed by atoms with van der Waals surface area (Å²) in [6.07, 6.45) is 3.38. The van der Waals surface area contributed by atoms with Crippen LogP contribution in [-0.2, 0) is 6.42 Å². The van der Waals surface area contributed by atoms with E-state index in [1.807, 2.05) is 0 Å². The lowest BCUT2D eigenvalue weighted by atomic mass is 9.68. The Morgan fingerprint density at radius 1 is 1.44 bits per heavy atom. The van der Waals surface area contributed by atoms with E-state index in [0.29, 0.717) is 22.9 Å². The molecule has 18 heavy (non-hydrogen) atoms. The molecule has 0 amide bonds. The standard InChI is InChI=1S/C15H20ClFO/c1-10-4-3-7-15(18,11(10)2)9-12-8-13(17)5-6-14(12)16/h5-6,8,10-11,18H,3-4,7,9H2,1-2H3. The van der Waals surface area contributed by atoms with Crippen molar-refractivity contribution in [1.82, 2.24) is 0 Å². The van der Waals surface area contributed by atoms with Gasteiger partial charge in [-0.2, -0.15) is 0 Å². The van der Waals surface area contributed by atoms with E-state index in [0.717, 1.165) is 19.3 Å². The lowest BCUT2D eigenvalue weighted by molar-refractivity contribution is -0.0621. The van der Waals surface area contributed by atoms with E-state index in [4.69, 9.17) is 11.6 Å². The van der Waals surface area contributed by atoms with Crippen molar-refractivity contribution in [2.24, 2.45) is 11.8 Å². The minimum atomic E-state index is -0.755. The van der Waals surface area contributed by atoms with Gasteiger partial charge in [-0.3, -0.25) is 0 Å². The Morgan fingerprint density at radius 3 is 2.89 bits per heavy atom. The van der Waals surface area contributed by atoms with Crippen molar-refractivity contribution in [3.63, 3.8) is 0 Å². The Labute approximate surface area is 113 Å². The fraction of sp³-hybridized carbons (Fsp3) is 0.600. The largest absolute Gasteiger partial charge is 0.389 e. The fourth-order valence-corrected chi connectivity index (χ4v) is 3.18. The summed E-state index contributed by atoms with van der Waals surface area (Å²) < 4.78 is 13.3. The van der Waals surface area contributed by atoms with Crippen molar-refractivity contribution >= 4 is 11.6 Å². The van der Waals surface area contributed by atoms with Gasteiger partial charge in [-0.05, 0) is 42.0 Å². The number of halogens is 2. The minimum absolute atomic E-state index is 0.214. The summed E-state index contributed by atoms with van der Waals surface area (Å²) in [5, 5.41) is 11.3. The van der Waals surface area contributed by atoms with Crippen molar-refractivity contribution in [3.8, 4) is 0 Å². The number of hydrogen-bond donors (Lipinski definition) is 1. The Morgan fingerprint density at radius 2 is 2.17 bits per heavy atom. The molecule has 1 aromatic rings. The van der Waals surface area contributed by atoms with Gasteiger partial charge in [0.15, 0.2) is 0 Å². The second-order valence-electron chi connectivity index (χ2n) is 5.67. The zero-order valence-corrected chi connectivity index (χ0v) is 11.7. The molecule has 0 aromatic heterocycles. The van der Waals surface area contributed by atoms with E-state index in [2.05, 4.69) is 13.8 Å². The molecule has 3 atom stereocenters. The van der Waals surface area contributed by atoms with E-state index in [9.17, 15) is 9.50 Å². The van der Waals surface area contributed by atoms with Gasteiger partial charge in [0.1, 0.15) is 5.82 Å². The topological polar surface area (TPSA) is 20.2 Å². The molecule has 1 aliphatic carbocycles. The van der Waals surface area contributed by atoms with E-state index in [1.54, 1.807) is 6.07 Å². The van der Waals surface area contributed by atoms with Gasteiger partial charge in [0, 0.05) is 11.4 Å². The summed E-state index contributed by atoms with van der Waals surface area (Å²) in [6, 6.07) is 4.35. The van der Waals surface area contributed by atoms with Crippen LogP contribution in [0.1, 0.15) is 38.7 Å². The predicted molar refractivity (Wildman–Crippen MR) is 72.2 cm³/mol. The third-order valence-corrected chi connectivity index (χ3v) is 4.84. The molecule has 1 aromatic carbocycles. The summed E-state index contributed by atoms with van der Waals surface area (Å²) in [7, 11) is 0. The highest BCUT2D eigenvalue weighted by molar-refractivity contribution is 6.31. The summed E-state index contributed by atoms with van der Waals surface area (Å²) >= 11 is 6.08. The highest BCUT2D eigenvalue weighted by atomic mass is 35.5. The van der Waals surface area contributed by atoms with E-state index < -0.39 is 5.60 Å². The number of rotatable bonds is 2. The second kappa shape index (κ2) is 5.18. The van der Waals surface area contributed by atoms with Crippen LogP contribution in [0.4, 0.5) is 4.39 Å². The zero-order valence-electron chi connectivity index (χ0n) is 10.9. The van der Waals surface area contributed by atoms with Crippen LogP contribution in [0.15, 0.2) is 18.2 Å². The summed E-state index contributed by atoms with van der Waals surface area (Å²) in [5.74, 6) is 0.413. The average Bonchev–Trinajstić information content (AvgIpc) is 2.31. The molecule has 1 saturated carbocycles. The Bertz CT molecular complexity index is 435. The first-order valence-corrected chi connectivity index (χ1v) is 6.96. The first kappa shape index (κ1) is 13.8. The van der Waals surface area contributed by atoms with Gasteiger partial charge in [0.2, 0.25) is 0 Å². The van der Waals surface area contributed by atoms with Crippen LogP contribution in [0.25, 0.3) is 0 Å². The molecule has 1 N–H and O–H groups in total. The smallest absolute Gasteiger partial charge is 0.123 e. The Hall–Kier alpha value is -0.600. The predicted octanol–water partition coefficient (Wildman–Crippen LogP) is 4.21. The Kier molecular flexibility index (Phi) is 3.98. The van der Waals surface area contributed by atoms with Gasteiger partial charge >= 0.3 is 0 Å². The lowest BCUT2D eigenvalue weighted by Crippen LogP contribution is -2.44. The van der Waals surface area contributed by atoms with Crippen molar-refractivity contribution < 1.29 is 9.50 Å². The molecule has 3 unspecified atom stereocenters. The first-order chi connectivity index (χ1) is 8.42. The molecule has 1 nitrogen and oxygen atoms in total. The van der Waals surface area contributed by atoms with Crippen LogP contribution >= 0.6 is 11.6 Å². The van der Waals surface area contributed by atoms with Gasteiger partial charge in [0.05, 0.1) is 5.60 Å². The second-order valence-corrected chi connectivity index (χ2v) is 6.08. The third kappa shape index (κ3) is 2.70. The highest BCUT2D eigenvalue weighted by Gasteiger charge is 2.40. The van der Waals surface area contributed by atoms with Crippen LogP contribution in [0.3, 0.4) is 0 Å². The summed E-state index contributed by atoms with van der Waals surface area (Å²) in [4.78, 5) is 0. The normalized spacial score (nSPS) is 32.5. The van der Waals surface area contributed by atoms with Gasteiger partial charge < -0.3 is 5.11 Å². The quantitative estimate of drug-likeness (QED) is 0.854. The first-order valence-electron chi connectivity index (χ1n) is 6.59. The molecule has 0 saturated heterocycles. The van der Waals surface area contributed by atoms with Crippen LogP contribution in [0.5, 0.6) is 0 Å². The molecular weight excluding hydrogens is 251 g/mol. The highest BCUT2D eigenvalue weighted by Crippen LogP contribution is 2.40. The van der Waals surface area contributed by atoms with Crippen LogP contribution in [-0.4, -0.2) is 10.7 Å². The maximum Gasteiger partial charge on any atom is 0.123 e. The van der Waals surface area contributed by atoms with Crippen LogP contribution in [0, 0.1) is 17.7 Å². The van der Waals surface area contributed by atoms with Gasteiger partial charge in [0.25, 0.3) is 0 Å². The number of hydrogen-bond acceptors (Lipinski definition) is 1. The Balaban J connectivity index is 2.23. The number of aliphatic hydroxyl groups is 1. The van der Waals surface area contributed by atoms with Gasteiger partial charge in [-0.15, -0.1) is 0 Å². The minimum Gasteiger partial charge on any atom is -0.389 e. The zero-order chi connectivity index (χ0) is 13.3. The van der Waals surface area contributed by atoms with Crippen LogP contribution in [0.2, 0.25) is 5.02 Å². The third-order valence-electron chi connectivity index (χ3n) is 4.47. The maximum absolute atomic E-state index is 13.3. The van der Waals surface area contributed by atoms with Crippen molar-refractivity contribution in [3.05, 3.63) is 34.6 Å². The molecule has 1 aliphatic rings. The molecule has 0 bridgehead atoms. The van der Waals surface area contributed by atoms with Crippen molar-refractivity contribution in [2.75, 3.05) is 0 Å².